The van der Waals surface area contributed by atoms with Gasteiger partial charge in [0.05, 0.1) is 0 Å². The van der Waals surface area contributed by atoms with Gasteiger partial charge in [0.25, 0.3) is 6.43 Å². The maximum atomic E-state index is 12.3. The first-order valence-corrected chi connectivity index (χ1v) is 6.41. The molecule has 3 nitrogen and oxygen atoms in total. The lowest BCUT2D eigenvalue weighted by Crippen LogP contribution is -2.18. The molecule has 0 amide bonds. The molecular weight excluding hydrogens is 321 g/mol. The fraction of sp³-hybridized carbons (Fsp3) is 0.200. The fourth-order valence-electron chi connectivity index (χ4n) is 1.84. The van der Waals surface area contributed by atoms with Crippen LogP contribution in [0.4, 0.5) is 27.6 Å². The molecule has 2 aromatic rings. The van der Waals surface area contributed by atoms with Gasteiger partial charge >= 0.3 is 6.36 Å². The van der Waals surface area contributed by atoms with Crippen molar-refractivity contribution in [3.05, 3.63) is 42.5 Å². The molecule has 2 N–H and O–H groups in total. The van der Waals surface area contributed by atoms with E-state index in [1.54, 1.807) is 24.3 Å². The summed E-state index contributed by atoms with van der Waals surface area (Å²) in [6.07, 6.45) is -7.78. The largest absolute Gasteiger partial charge is 0.573 e. The Hall–Kier alpha value is -2.51. The van der Waals surface area contributed by atoms with Gasteiger partial charge in [-0.15, -0.1) is 13.2 Å². The van der Waals surface area contributed by atoms with Crippen LogP contribution in [0.2, 0.25) is 0 Å². The third-order valence-electron chi connectivity index (χ3n) is 2.78. The first-order chi connectivity index (χ1) is 10.7. The van der Waals surface area contributed by atoms with Gasteiger partial charge in [-0.05, 0) is 35.4 Å². The van der Waals surface area contributed by atoms with Crippen LogP contribution in [-0.2, 0) is 0 Å². The predicted octanol–water partition coefficient (Wildman–Crippen LogP) is 4.48. The number of halogens is 5. The predicted molar refractivity (Wildman–Crippen MR) is 74.5 cm³/mol. The zero-order chi connectivity index (χ0) is 17.0. The SMILES string of the molecule is Nc1ccc(-c2ccc(OC(F)(F)F)c(OCC(F)F)c2)cc1. The van der Waals surface area contributed by atoms with Gasteiger partial charge < -0.3 is 15.2 Å². The van der Waals surface area contributed by atoms with Crippen molar-refractivity contribution in [2.45, 2.75) is 12.8 Å². The highest BCUT2D eigenvalue weighted by molar-refractivity contribution is 5.68. The highest BCUT2D eigenvalue weighted by Gasteiger charge is 2.32. The molecule has 124 valence electrons. The first kappa shape index (κ1) is 16.9. The van der Waals surface area contributed by atoms with Gasteiger partial charge in [0.1, 0.15) is 6.61 Å². The molecule has 0 radical (unpaired) electrons. The normalized spacial score (nSPS) is 11.6. The van der Waals surface area contributed by atoms with E-state index in [-0.39, 0.29) is 0 Å². The van der Waals surface area contributed by atoms with Crippen molar-refractivity contribution >= 4 is 5.69 Å². The average Bonchev–Trinajstić information content (AvgIpc) is 2.45. The Bertz CT molecular complexity index is 656. The average molecular weight is 333 g/mol. The smallest absolute Gasteiger partial charge is 0.484 e. The van der Waals surface area contributed by atoms with Gasteiger partial charge in [0, 0.05) is 5.69 Å². The number of nitrogens with two attached hydrogens (primary N) is 1. The maximum absolute atomic E-state index is 12.3. The van der Waals surface area contributed by atoms with Crippen molar-refractivity contribution < 1.29 is 31.4 Å². The van der Waals surface area contributed by atoms with Gasteiger partial charge in [-0.1, -0.05) is 18.2 Å². The lowest BCUT2D eigenvalue weighted by Gasteiger charge is -2.15. The van der Waals surface area contributed by atoms with E-state index >= 15 is 0 Å². The molecule has 0 aromatic heterocycles. The maximum Gasteiger partial charge on any atom is 0.573 e. The van der Waals surface area contributed by atoms with Crippen LogP contribution >= 0.6 is 0 Å². The minimum atomic E-state index is -4.95. The fourth-order valence-corrected chi connectivity index (χ4v) is 1.84. The van der Waals surface area contributed by atoms with Crippen molar-refractivity contribution in [1.29, 1.82) is 0 Å². The molecule has 0 atom stereocenters. The molecule has 23 heavy (non-hydrogen) atoms. The van der Waals surface area contributed by atoms with Crippen LogP contribution in [0.25, 0.3) is 11.1 Å². The number of rotatable bonds is 5. The second-order valence-corrected chi connectivity index (χ2v) is 4.53. The molecule has 0 spiro atoms. The highest BCUT2D eigenvalue weighted by Crippen LogP contribution is 2.36. The van der Waals surface area contributed by atoms with E-state index < -0.39 is 30.9 Å². The molecule has 0 fully saturated rings. The molecule has 0 aliphatic rings. The summed E-state index contributed by atoms with van der Waals surface area (Å²) in [6.45, 7) is -1.04. The Balaban J connectivity index is 2.35. The molecule has 0 heterocycles. The van der Waals surface area contributed by atoms with E-state index in [4.69, 9.17) is 10.5 Å². The summed E-state index contributed by atoms with van der Waals surface area (Å²) in [5, 5.41) is 0. The summed E-state index contributed by atoms with van der Waals surface area (Å²) in [4.78, 5) is 0. The molecule has 0 saturated carbocycles. The summed E-state index contributed by atoms with van der Waals surface area (Å²) in [6, 6.07) is 10.1. The summed E-state index contributed by atoms with van der Waals surface area (Å²) in [5.74, 6) is -1.10. The Morgan fingerprint density at radius 1 is 0.913 bits per heavy atom. The van der Waals surface area contributed by atoms with E-state index in [0.29, 0.717) is 16.8 Å². The number of hydrogen-bond acceptors (Lipinski definition) is 3. The Morgan fingerprint density at radius 3 is 2.09 bits per heavy atom. The van der Waals surface area contributed by atoms with Crippen LogP contribution in [0.5, 0.6) is 11.5 Å². The molecule has 0 aliphatic carbocycles. The van der Waals surface area contributed by atoms with Crippen molar-refractivity contribution in [2.75, 3.05) is 12.3 Å². The van der Waals surface area contributed by atoms with Crippen molar-refractivity contribution in [1.82, 2.24) is 0 Å². The van der Waals surface area contributed by atoms with Crippen molar-refractivity contribution in [2.24, 2.45) is 0 Å². The van der Waals surface area contributed by atoms with Crippen LogP contribution in [0.3, 0.4) is 0 Å². The van der Waals surface area contributed by atoms with Gasteiger partial charge in [-0.3, -0.25) is 0 Å². The summed E-state index contributed by atoms with van der Waals surface area (Å²) in [5.41, 5.74) is 7.18. The van der Waals surface area contributed by atoms with Crippen LogP contribution in [0.1, 0.15) is 0 Å². The highest BCUT2D eigenvalue weighted by atomic mass is 19.4. The molecule has 0 unspecified atom stereocenters. The van der Waals surface area contributed by atoms with Crippen LogP contribution in [-0.4, -0.2) is 19.4 Å². The number of alkyl halides is 5. The minimum Gasteiger partial charge on any atom is -0.484 e. The number of nitrogen functional groups attached to an aromatic ring is 1. The van der Waals surface area contributed by atoms with Gasteiger partial charge in [0.15, 0.2) is 11.5 Å². The van der Waals surface area contributed by atoms with Gasteiger partial charge in [-0.25, -0.2) is 8.78 Å². The molecule has 0 saturated heterocycles. The van der Waals surface area contributed by atoms with Crippen molar-refractivity contribution in [3.8, 4) is 22.6 Å². The quantitative estimate of drug-likeness (QED) is 0.648. The van der Waals surface area contributed by atoms with Crippen molar-refractivity contribution in [3.63, 3.8) is 0 Å². The molecule has 2 aromatic carbocycles. The zero-order valence-corrected chi connectivity index (χ0v) is 11.6. The molecule has 0 bridgehead atoms. The Kier molecular flexibility index (Phi) is 4.92. The molecular formula is C15H12F5NO2. The van der Waals surface area contributed by atoms with E-state index in [9.17, 15) is 22.0 Å². The van der Waals surface area contributed by atoms with Crippen LogP contribution < -0.4 is 15.2 Å². The molecule has 8 heteroatoms. The number of hydrogen-bond donors (Lipinski definition) is 1. The second-order valence-electron chi connectivity index (χ2n) is 4.53. The lowest BCUT2D eigenvalue weighted by atomic mass is 10.0. The summed E-state index contributed by atoms with van der Waals surface area (Å²) in [7, 11) is 0. The van der Waals surface area contributed by atoms with E-state index in [0.717, 1.165) is 6.07 Å². The monoisotopic (exact) mass is 333 g/mol. The minimum absolute atomic E-state index is 0.419. The molecule has 2 rings (SSSR count). The Labute approximate surface area is 128 Å². The summed E-state index contributed by atoms with van der Waals surface area (Å²) >= 11 is 0. The second kappa shape index (κ2) is 6.72. The van der Waals surface area contributed by atoms with Crippen LogP contribution in [0, 0.1) is 0 Å². The Morgan fingerprint density at radius 2 is 1.52 bits per heavy atom. The standard InChI is InChI=1S/C15H12F5NO2/c16-14(17)8-22-13-7-10(9-1-4-11(21)5-2-9)3-6-12(13)23-15(18,19)20/h1-7,14H,8,21H2. The third-order valence-corrected chi connectivity index (χ3v) is 2.78. The topological polar surface area (TPSA) is 44.5 Å². The van der Waals surface area contributed by atoms with Gasteiger partial charge in [-0.2, -0.15) is 0 Å². The van der Waals surface area contributed by atoms with Crippen LogP contribution in [0.15, 0.2) is 42.5 Å². The lowest BCUT2D eigenvalue weighted by molar-refractivity contribution is -0.275. The number of benzene rings is 2. The number of anilines is 1. The summed E-state index contributed by atoms with van der Waals surface area (Å²) < 4.78 is 70.1. The van der Waals surface area contributed by atoms with E-state index in [2.05, 4.69) is 4.74 Å². The number of ether oxygens (including phenoxy) is 2. The third kappa shape index (κ3) is 5.01. The van der Waals surface area contributed by atoms with Gasteiger partial charge in [0.2, 0.25) is 0 Å². The van der Waals surface area contributed by atoms with E-state index in [1.165, 1.54) is 12.1 Å². The first-order valence-electron chi connectivity index (χ1n) is 6.41. The van der Waals surface area contributed by atoms with E-state index in [1.807, 2.05) is 0 Å². The zero-order valence-electron chi connectivity index (χ0n) is 11.6. The molecule has 0 aliphatic heterocycles.